The number of hydrogen-bond acceptors (Lipinski definition) is 4. The van der Waals surface area contributed by atoms with E-state index in [1.54, 1.807) is 25.2 Å². The molecule has 100 valence electrons. The monoisotopic (exact) mass is 297 g/mol. The minimum absolute atomic E-state index is 0.333. The van der Waals surface area contributed by atoms with Crippen molar-refractivity contribution in [2.75, 3.05) is 12.4 Å². The number of primary amides is 1. The van der Waals surface area contributed by atoms with Gasteiger partial charge in [-0.05, 0) is 41.0 Å². The third-order valence-corrected chi connectivity index (χ3v) is 5.41. The SMILES string of the molecule is CNc1sc(S(=N)c2ccc(F)cc2)cc1C(N)=O. The van der Waals surface area contributed by atoms with Crippen molar-refractivity contribution in [1.29, 1.82) is 4.78 Å². The van der Waals surface area contributed by atoms with Gasteiger partial charge in [0.05, 0.1) is 9.77 Å². The van der Waals surface area contributed by atoms with Crippen molar-refractivity contribution >= 4 is 32.9 Å². The number of anilines is 1. The van der Waals surface area contributed by atoms with E-state index in [0.29, 0.717) is 19.7 Å². The van der Waals surface area contributed by atoms with Crippen LogP contribution in [-0.2, 0) is 10.7 Å². The summed E-state index contributed by atoms with van der Waals surface area (Å²) in [5, 5.41) is 3.54. The van der Waals surface area contributed by atoms with E-state index in [9.17, 15) is 9.18 Å². The highest BCUT2D eigenvalue weighted by Crippen LogP contribution is 2.32. The molecule has 1 heterocycles. The first-order valence-corrected chi connectivity index (χ1v) is 7.39. The molecule has 4 nitrogen and oxygen atoms in total. The first kappa shape index (κ1) is 13.7. The number of rotatable bonds is 4. The van der Waals surface area contributed by atoms with Crippen LogP contribution in [0.15, 0.2) is 39.4 Å². The maximum Gasteiger partial charge on any atom is 0.251 e. The molecule has 2 rings (SSSR count). The Hall–Kier alpha value is -1.73. The van der Waals surface area contributed by atoms with Crippen molar-refractivity contribution in [3.05, 3.63) is 41.7 Å². The van der Waals surface area contributed by atoms with E-state index in [2.05, 4.69) is 5.32 Å². The van der Waals surface area contributed by atoms with E-state index in [4.69, 9.17) is 10.5 Å². The third-order valence-electron chi connectivity index (χ3n) is 2.45. The number of carbonyl (C=O) groups excluding carboxylic acids is 1. The largest absolute Gasteiger partial charge is 0.379 e. The molecule has 0 spiro atoms. The molecule has 0 saturated carbocycles. The number of amides is 1. The first-order valence-electron chi connectivity index (χ1n) is 5.35. The number of carbonyl (C=O) groups is 1. The maximum absolute atomic E-state index is 12.9. The fourth-order valence-electron chi connectivity index (χ4n) is 1.52. The number of halogens is 1. The molecule has 2 aromatic rings. The number of hydrogen-bond donors (Lipinski definition) is 3. The Morgan fingerprint density at radius 1 is 1.42 bits per heavy atom. The molecule has 0 bridgehead atoms. The van der Waals surface area contributed by atoms with Crippen LogP contribution in [-0.4, -0.2) is 13.0 Å². The lowest BCUT2D eigenvalue weighted by Crippen LogP contribution is -2.11. The molecule has 4 N–H and O–H groups in total. The molecular formula is C12H12FN3OS2. The van der Waals surface area contributed by atoms with E-state index in [1.807, 2.05) is 0 Å². The van der Waals surface area contributed by atoms with Gasteiger partial charge in [-0.3, -0.25) is 9.57 Å². The topological polar surface area (TPSA) is 79.0 Å². The van der Waals surface area contributed by atoms with Crippen molar-refractivity contribution in [3.63, 3.8) is 0 Å². The molecule has 1 amide bonds. The zero-order valence-electron chi connectivity index (χ0n) is 10.1. The Labute approximate surface area is 116 Å². The molecule has 7 heteroatoms. The van der Waals surface area contributed by atoms with Crippen LogP contribution in [0.4, 0.5) is 9.39 Å². The molecule has 1 atom stereocenters. The lowest BCUT2D eigenvalue weighted by Gasteiger charge is -2.02. The van der Waals surface area contributed by atoms with Crippen molar-refractivity contribution in [2.45, 2.75) is 9.10 Å². The van der Waals surface area contributed by atoms with Gasteiger partial charge in [-0.25, -0.2) is 4.39 Å². The summed E-state index contributed by atoms with van der Waals surface area (Å²) >= 11 is 1.31. The Bertz CT molecular complexity index is 637. The van der Waals surface area contributed by atoms with E-state index in [-0.39, 0.29) is 5.82 Å². The van der Waals surface area contributed by atoms with Crippen LogP contribution in [0.2, 0.25) is 0 Å². The lowest BCUT2D eigenvalue weighted by atomic mass is 10.3. The number of nitrogens with two attached hydrogens (primary N) is 1. The predicted molar refractivity (Wildman–Crippen MR) is 75.4 cm³/mol. The van der Waals surface area contributed by atoms with Gasteiger partial charge in [0, 0.05) is 11.9 Å². The van der Waals surface area contributed by atoms with Gasteiger partial charge >= 0.3 is 0 Å². The molecular weight excluding hydrogens is 285 g/mol. The van der Waals surface area contributed by atoms with Crippen LogP contribution in [0.1, 0.15) is 10.4 Å². The molecule has 1 aromatic carbocycles. The van der Waals surface area contributed by atoms with Gasteiger partial charge in [-0.2, -0.15) is 0 Å². The second-order valence-electron chi connectivity index (χ2n) is 3.68. The summed E-state index contributed by atoms with van der Waals surface area (Å²) in [4.78, 5) is 12.0. The van der Waals surface area contributed by atoms with Crippen LogP contribution < -0.4 is 11.1 Å². The summed E-state index contributed by atoms with van der Waals surface area (Å²) in [6, 6.07) is 7.43. The summed E-state index contributed by atoms with van der Waals surface area (Å²) < 4.78 is 21.8. The highest BCUT2D eigenvalue weighted by atomic mass is 32.2. The number of thiophene rings is 1. The molecule has 0 aliphatic carbocycles. The summed E-state index contributed by atoms with van der Waals surface area (Å²) in [6.07, 6.45) is 0. The Kier molecular flexibility index (Phi) is 3.96. The van der Waals surface area contributed by atoms with Crippen LogP contribution in [0.25, 0.3) is 0 Å². The molecule has 0 saturated heterocycles. The third kappa shape index (κ3) is 2.82. The second-order valence-corrected chi connectivity index (χ2v) is 6.52. The molecule has 0 aliphatic rings. The van der Waals surface area contributed by atoms with Gasteiger partial charge in [0.15, 0.2) is 0 Å². The zero-order valence-corrected chi connectivity index (χ0v) is 11.7. The summed E-state index contributed by atoms with van der Waals surface area (Å²) in [6.45, 7) is 0. The highest BCUT2D eigenvalue weighted by molar-refractivity contribution is 7.88. The van der Waals surface area contributed by atoms with Crippen LogP contribution in [0.3, 0.4) is 0 Å². The number of benzene rings is 1. The average molecular weight is 297 g/mol. The van der Waals surface area contributed by atoms with Crippen molar-refractivity contribution in [1.82, 2.24) is 0 Å². The minimum Gasteiger partial charge on any atom is -0.379 e. The number of nitrogens with one attached hydrogen (secondary N) is 2. The standard InChI is InChI=1S/C12H12FN3OS2/c1-16-12-9(11(14)17)6-10(18-12)19(15)8-4-2-7(13)3-5-8/h2-6,15-16H,1H3,(H2,14,17). The van der Waals surface area contributed by atoms with Gasteiger partial charge in [0.25, 0.3) is 5.91 Å². The second kappa shape index (κ2) is 5.50. The van der Waals surface area contributed by atoms with Crippen molar-refractivity contribution < 1.29 is 9.18 Å². The summed E-state index contributed by atoms with van der Waals surface area (Å²) in [5.74, 6) is -0.858. The van der Waals surface area contributed by atoms with Crippen LogP contribution >= 0.6 is 11.3 Å². The fraction of sp³-hybridized carbons (Fsp3) is 0.0833. The summed E-state index contributed by atoms with van der Waals surface area (Å²) in [7, 11) is 0.738. The normalized spacial score (nSPS) is 12.1. The van der Waals surface area contributed by atoms with Gasteiger partial charge in [0.1, 0.15) is 10.8 Å². The van der Waals surface area contributed by atoms with E-state index >= 15 is 0 Å². The smallest absolute Gasteiger partial charge is 0.251 e. The molecule has 0 radical (unpaired) electrons. The van der Waals surface area contributed by atoms with Gasteiger partial charge < -0.3 is 11.1 Å². The predicted octanol–water partition coefficient (Wildman–Crippen LogP) is 2.83. The van der Waals surface area contributed by atoms with Crippen molar-refractivity contribution in [2.24, 2.45) is 5.73 Å². The molecule has 0 aliphatic heterocycles. The quantitative estimate of drug-likeness (QED) is 0.811. The maximum atomic E-state index is 12.9. The van der Waals surface area contributed by atoms with E-state index in [1.165, 1.54) is 23.5 Å². The van der Waals surface area contributed by atoms with Gasteiger partial charge in [0.2, 0.25) is 0 Å². The fourth-order valence-corrected chi connectivity index (χ4v) is 4.02. The van der Waals surface area contributed by atoms with Crippen LogP contribution in [0, 0.1) is 10.6 Å². The molecule has 0 fully saturated rings. The Balaban J connectivity index is 2.39. The molecule has 1 aromatic heterocycles. The Morgan fingerprint density at radius 3 is 2.53 bits per heavy atom. The van der Waals surface area contributed by atoms with Gasteiger partial charge in [-0.15, -0.1) is 11.3 Å². The lowest BCUT2D eigenvalue weighted by molar-refractivity contribution is 0.100. The average Bonchev–Trinajstić information content (AvgIpc) is 2.83. The Morgan fingerprint density at radius 2 is 2.05 bits per heavy atom. The van der Waals surface area contributed by atoms with E-state index < -0.39 is 16.6 Å². The summed E-state index contributed by atoms with van der Waals surface area (Å²) in [5.41, 5.74) is 5.67. The zero-order chi connectivity index (χ0) is 14.0. The minimum atomic E-state index is -0.959. The van der Waals surface area contributed by atoms with E-state index in [0.717, 1.165) is 0 Å². The van der Waals surface area contributed by atoms with Crippen molar-refractivity contribution in [3.8, 4) is 0 Å². The highest BCUT2D eigenvalue weighted by Gasteiger charge is 2.15. The first-order chi connectivity index (χ1) is 9.02. The van der Waals surface area contributed by atoms with Crippen LogP contribution in [0.5, 0.6) is 0 Å². The molecule has 1 unspecified atom stereocenters. The van der Waals surface area contributed by atoms with Gasteiger partial charge in [-0.1, -0.05) is 0 Å². The molecule has 19 heavy (non-hydrogen) atoms.